The summed E-state index contributed by atoms with van der Waals surface area (Å²) in [4.78, 5) is 37.0. The average molecular weight is 354 g/mol. The highest BCUT2D eigenvalue weighted by Crippen LogP contribution is 2.11. The van der Waals surface area contributed by atoms with Gasteiger partial charge in [0.1, 0.15) is 0 Å². The molecule has 2 rings (SSSR count). The van der Waals surface area contributed by atoms with Crippen LogP contribution in [-0.2, 0) is 20.9 Å². The first-order chi connectivity index (χ1) is 12.5. The number of nitrogens with zero attached hydrogens (tertiary/aromatic N) is 1. The lowest BCUT2D eigenvalue weighted by Gasteiger charge is -2.20. The molecular weight excluding hydrogens is 332 g/mol. The van der Waals surface area contributed by atoms with Crippen molar-refractivity contribution >= 4 is 23.5 Å². The Kier molecular flexibility index (Phi) is 6.91. The lowest BCUT2D eigenvalue weighted by Crippen LogP contribution is -2.34. The summed E-state index contributed by atoms with van der Waals surface area (Å²) >= 11 is 0. The molecule has 0 saturated carbocycles. The van der Waals surface area contributed by atoms with Gasteiger partial charge in [0.15, 0.2) is 6.61 Å². The van der Waals surface area contributed by atoms with E-state index >= 15 is 0 Å². The number of anilines is 1. The number of hydrogen-bond acceptors (Lipinski definition) is 4. The summed E-state index contributed by atoms with van der Waals surface area (Å²) in [5.41, 5.74) is 1.92. The number of ether oxygens (including phenoxy) is 1. The number of nitrogens with one attached hydrogen (secondary N) is 1. The monoisotopic (exact) mass is 354 g/mol. The number of carbonyl (C=O) groups excluding carboxylic acids is 3. The van der Waals surface area contributed by atoms with Crippen LogP contribution in [-0.4, -0.2) is 35.8 Å². The van der Waals surface area contributed by atoms with Gasteiger partial charge in [0.2, 0.25) is 5.91 Å². The van der Waals surface area contributed by atoms with Gasteiger partial charge in [-0.3, -0.25) is 9.59 Å². The third-order valence-electron chi connectivity index (χ3n) is 3.72. The molecule has 0 saturated heterocycles. The summed E-state index contributed by atoms with van der Waals surface area (Å²) in [5, 5.41) is 2.62. The second-order valence-electron chi connectivity index (χ2n) is 5.73. The summed E-state index contributed by atoms with van der Waals surface area (Å²) in [6.07, 6.45) is 0. The third-order valence-corrected chi connectivity index (χ3v) is 3.72. The molecule has 0 spiro atoms. The molecule has 26 heavy (non-hydrogen) atoms. The Labute approximate surface area is 152 Å². The van der Waals surface area contributed by atoms with Crippen LogP contribution in [0.4, 0.5) is 5.69 Å². The Morgan fingerprint density at radius 1 is 1.00 bits per heavy atom. The maximum absolute atomic E-state index is 12.3. The van der Waals surface area contributed by atoms with E-state index in [1.807, 2.05) is 37.3 Å². The minimum atomic E-state index is -0.580. The van der Waals surface area contributed by atoms with Crippen LogP contribution < -0.4 is 5.32 Å². The van der Waals surface area contributed by atoms with Gasteiger partial charge in [0.05, 0.1) is 5.56 Å². The first kappa shape index (κ1) is 19.2. The zero-order chi connectivity index (χ0) is 18.9. The first-order valence-corrected chi connectivity index (χ1v) is 8.36. The molecule has 0 aliphatic heterocycles. The van der Waals surface area contributed by atoms with E-state index in [9.17, 15) is 14.4 Å². The Bertz CT molecular complexity index is 757. The minimum absolute atomic E-state index is 0.191. The van der Waals surface area contributed by atoms with Gasteiger partial charge in [-0.05, 0) is 36.8 Å². The van der Waals surface area contributed by atoms with Crippen molar-refractivity contribution in [2.45, 2.75) is 20.4 Å². The topological polar surface area (TPSA) is 75.7 Å². The van der Waals surface area contributed by atoms with Gasteiger partial charge in [0, 0.05) is 25.7 Å². The zero-order valence-corrected chi connectivity index (χ0v) is 14.9. The van der Waals surface area contributed by atoms with Crippen LogP contribution >= 0.6 is 0 Å². The highest BCUT2D eigenvalue weighted by molar-refractivity contribution is 5.93. The van der Waals surface area contributed by atoms with Gasteiger partial charge in [-0.25, -0.2) is 4.79 Å². The molecule has 0 atom stereocenters. The zero-order valence-electron chi connectivity index (χ0n) is 14.9. The van der Waals surface area contributed by atoms with Gasteiger partial charge in [-0.15, -0.1) is 0 Å². The van der Waals surface area contributed by atoms with Crippen LogP contribution in [0, 0.1) is 0 Å². The molecule has 0 bridgehead atoms. The van der Waals surface area contributed by atoms with E-state index in [-0.39, 0.29) is 18.4 Å². The van der Waals surface area contributed by atoms with Crippen molar-refractivity contribution in [2.75, 3.05) is 18.5 Å². The second-order valence-corrected chi connectivity index (χ2v) is 5.73. The van der Waals surface area contributed by atoms with Crippen molar-refractivity contribution in [3.8, 4) is 0 Å². The summed E-state index contributed by atoms with van der Waals surface area (Å²) in [7, 11) is 0. The van der Waals surface area contributed by atoms with E-state index in [0.29, 0.717) is 24.3 Å². The first-order valence-electron chi connectivity index (χ1n) is 8.36. The Morgan fingerprint density at radius 3 is 2.23 bits per heavy atom. The lowest BCUT2D eigenvalue weighted by molar-refractivity contribution is -0.135. The van der Waals surface area contributed by atoms with Crippen molar-refractivity contribution in [3.05, 3.63) is 65.7 Å². The molecule has 2 amide bonds. The highest BCUT2D eigenvalue weighted by atomic mass is 16.5. The molecule has 2 aromatic rings. The second kappa shape index (κ2) is 9.36. The number of benzene rings is 2. The van der Waals surface area contributed by atoms with Crippen LogP contribution in [0.3, 0.4) is 0 Å². The predicted molar refractivity (Wildman–Crippen MR) is 98.6 cm³/mol. The Morgan fingerprint density at radius 2 is 1.65 bits per heavy atom. The number of likely N-dealkylation sites (N-methyl/N-ethyl adjacent to an activating group) is 1. The number of hydrogen-bond donors (Lipinski definition) is 1. The van der Waals surface area contributed by atoms with E-state index in [1.54, 1.807) is 29.2 Å². The molecule has 0 heterocycles. The van der Waals surface area contributed by atoms with Crippen molar-refractivity contribution in [1.29, 1.82) is 0 Å². The van der Waals surface area contributed by atoms with Crippen molar-refractivity contribution in [2.24, 2.45) is 0 Å². The largest absolute Gasteiger partial charge is 0.452 e. The number of esters is 1. The molecule has 6 nitrogen and oxygen atoms in total. The fraction of sp³-hybridized carbons (Fsp3) is 0.250. The maximum Gasteiger partial charge on any atom is 0.338 e. The van der Waals surface area contributed by atoms with Crippen LogP contribution in [0.5, 0.6) is 0 Å². The number of amides is 2. The molecule has 0 radical (unpaired) electrons. The third kappa shape index (κ3) is 5.73. The maximum atomic E-state index is 12.3. The van der Waals surface area contributed by atoms with E-state index in [2.05, 4.69) is 5.32 Å². The molecule has 6 heteroatoms. The van der Waals surface area contributed by atoms with E-state index in [0.717, 1.165) is 5.56 Å². The van der Waals surface area contributed by atoms with Crippen LogP contribution in [0.15, 0.2) is 54.6 Å². The van der Waals surface area contributed by atoms with Gasteiger partial charge >= 0.3 is 5.97 Å². The van der Waals surface area contributed by atoms with Crippen LogP contribution in [0.1, 0.15) is 29.8 Å². The number of rotatable bonds is 7. The lowest BCUT2D eigenvalue weighted by atomic mass is 10.2. The molecule has 136 valence electrons. The molecule has 0 unspecified atom stereocenters. The minimum Gasteiger partial charge on any atom is -0.452 e. The van der Waals surface area contributed by atoms with Gasteiger partial charge < -0.3 is 15.0 Å². The normalized spacial score (nSPS) is 10.1. The molecule has 0 aliphatic rings. The standard InChI is InChI=1S/C20H22N2O4/c1-3-22(13-16-7-5-4-6-8-16)19(24)14-26-20(25)17-9-11-18(12-10-17)21-15(2)23/h4-12H,3,13-14H2,1-2H3,(H,21,23). The van der Waals surface area contributed by atoms with E-state index in [4.69, 9.17) is 4.74 Å². The van der Waals surface area contributed by atoms with Crippen molar-refractivity contribution in [3.63, 3.8) is 0 Å². The highest BCUT2D eigenvalue weighted by Gasteiger charge is 2.15. The summed E-state index contributed by atoms with van der Waals surface area (Å²) < 4.78 is 5.11. The summed E-state index contributed by atoms with van der Waals surface area (Å²) in [6.45, 7) is 3.97. The summed E-state index contributed by atoms with van der Waals surface area (Å²) in [5.74, 6) is -1.02. The van der Waals surface area contributed by atoms with Crippen LogP contribution in [0.2, 0.25) is 0 Å². The predicted octanol–water partition coefficient (Wildman–Crippen LogP) is 2.85. The fourth-order valence-corrected chi connectivity index (χ4v) is 2.37. The van der Waals surface area contributed by atoms with E-state index < -0.39 is 5.97 Å². The average Bonchev–Trinajstić information content (AvgIpc) is 2.65. The van der Waals surface area contributed by atoms with Crippen molar-refractivity contribution in [1.82, 2.24) is 4.90 Å². The molecule has 2 aromatic carbocycles. The van der Waals surface area contributed by atoms with Gasteiger partial charge in [0.25, 0.3) is 5.91 Å². The van der Waals surface area contributed by atoms with Gasteiger partial charge in [-0.2, -0.15) is 0 Å². The smallest absolute Gasteiger partial charge is 0.338 e. The molecule has 1 N–H and O–H groups in total. The summed E-state index contributed by atoms with van der Waals surface area (Å²) in [6, 6.07) is 15.9. The van der Waals surface area contributed by atoms with Gasteiger partial charge in [-0.1, -0.05) is 30.3 Å². The Hall–Kier alpha value is -3.15. The molecular formula is C20H22N2O4. The molecule has 0 fully saturated rings. The van der Waals surface area contributed by atoms with Crippen molar-refractivity contribution < 1.29 is 19.1 Å². The quantitative estimate of drug-likeness (QED) is 0.776. The molecule has 0 aromatic heterocycles. The number of carbonyl (C=O) groups is 3. The van der Waals surface area contributed by atoms with E-state index in [1.165, 1.54) is 6.92 Å². The Balaban J connectivity index is 1.88. The van der Waals surface area contributed by atoms with Crippen LogP contribution in [0.25, 0.3) is 0 Å². The molecule has 0 aliphatic carbocycles. The SMILES string of the molecule is CCN(Cc1ccccc1)C(=O)COC(=O)c1ccc(NC(C)=O)cc1. The fourth-order valence-electron chi connectivity index (χ4n) is 2.37.